The maximum atomic E-state index is 13.1. The minimum atomic E-state index is -3.52. The van der Waals surface area contributed by atoms with E-state index in [9.17, 15) is 13.2 Å². The lowest BCUT2D eigenvalue weighted by Crippen LogP contribution is -2.52. The molecule has 1 amide bonds. The van der Waals surface area contributed by atoms with Crippen LogP contribution in [0.4, 0.5) is 0 Å². The van der Waals surface area contributed by atoms with E-state index in [0.717, 1.165) is 19.3 Å². The number of benzene rings is 2. The predicted molar refractivity (Wildman–Crippen MR) is 121 cm³/mol. The van der Waals surface area contributed by atoms with E-state index in [0.29, 0.717) is 44.2 Å². The van der Waals surface area contributed by atoms with E-state index in [1.165, 1.54) is 27.4 Å². The highest BCUT2D eigenvalue weighted by Crippen LogP contribution is 2.26. The number of fused-ring (bicyclic) bond motifs is 1. The van der Waals surface area contributed by atoms with Crippen LogP contribution in [0.2, 0.25) is 0 Å². The first kappa shape index (κ1) is 22.0. The molecule has 1 aliphatic carbocycles. The van der Waals surface area contributed by atoms with Gasteiger partial charge in [-0.05, 0) is 61.6 Å². The summed E-state index contributed by atoms with van der Waals surface area (Å²) in [5, 5.41) is 0. The minimum absolute atomic E-state index is 0.0456. The summed E-state index contributed by atoms with van der Waals surface area (Å²) in [6.45, 7) is 2.58. The van der Waals surface area contributed by atoms with Crippen LogP contribution in [0.15, 0.2) is 53.4 Å². The van der Waals surface area contributed by atoms with E-state index in [2.05, 4.69) is 0 Å². The number of sulfonamides is 1. The van der Waals surface area contributed by atoms with Crippen LogP contribution in [-0.4, -0.2) is 68.2 Å². The maximum absolute atomic E-state index is 13.1. The number of nitrogens with zero attached hydrogens (tertiary/aromatic N) is 3. The van der Waals surface area contributed by atoms with Crippen molar-refractivity contribution in [3.8, 4) is 0 Å². The van der Waals surface area contributed by atoms with E-state index in [4.69, 9.17) is 0 Å². The second-order valence-corrected chi connectivity index (χ2v) is 10.5. The number of aryl methyl sites for hydroxylation is 2. The molecular formula is C24H31N3O3S. The Morgan fingerprint density at radius 3 is 2.32 bits per heavy atom. The fourth-order valence-corrected chi connectivity index (χ4v) is 5.95. The Kier molecular flexibility index (Phi) is 6.74. The summed E-state index contributed by atoms with van der Waals surface area (Å²) in [4.78, 5) is 16.9. The molecule has 1 fully saturated rings. The van der Waals surface area contributed by atoms with Crippen LogP contribution in [-0.2, 0) is 34.2 Å². The summed E-state index contributed by atoms with van der Waals surface area (Å²) in [6, 6.07) is 15.6. The van der Waals surface area contributed by atoms with Gasteiger partial charge in [-0.1, -0.05) is 36.4 Å². The van der Waals surface area contributed by atoms with E-state index in [1.54, 1.807) is 11.0 Å². The number of hydrogen-bond donors (Lipinski definition) is 0. The number of rotatable bonds is 6. The molecule has 0 saturated carbocycles. The third kappa shape index (κ3) is 5.17. The van der Waals surface area contributed by atoms with Gasteiger partial charge in [0.1, 0.15) is 0 Å². The highest BCUT2D eigenvalue weighted by atomic mass is 32.2. The predicted octanol–water partition coefficient (Wildman–Crippen LogP) is 2.53. The third-order valence-corrected chi connectivity index (χ3v) is 8.14. The molecule has 0 bridgehead atoms. The lowest BCUT2D eigenvalue weighted by atomic mass is 9.92. The average Bonchev–Trinajstić information content (AvgIpc) is 2.79. The lowest BCUT2D eigenvalue weighted by molar-refractivity contribution is -0.133. The Balaban J connectivity index is 1.33. The zero-order valence-electron chi connectivity index (χ0n) is 18.2. The molecule has 7 heteroatoms. The molecule has 166 valence electrons. The molecule has 0 spiro atoms. The van der Waals surface area contributed by atoms with E-state index >= 15 is 0 Å². The molecule has 0 N–H and O–H groups in total. The van der Waals surface area contributed by atoms with Crippen LogP contribution < -0.4 is 0 Å². The van der Waals surface area contributed by atoms with Crippen LogP contribution in [0.3, 0.4) is 0 Å². The Morgan fingerprint density at radius 1 is 0.935 bits per heavy atom. The molecule has 0 radical (unpaired) electrons. The van der Waals surface area contributed by atoms with Gasteiger partial charge in [-0.25, -0.2) is 8.42 Å². The Morgan fingerprint density at radius 2 is 1.61 bits per heavy atom. The van der Waals surface area contributed by atoms with Crippen molar-refractivity contribution in [2.75, 3.05) is 39.8 Å². The summed E-state index contributed by atoms with van der Waals surface area (Å²) in [7, 11) is -1.59. The van der Waals surface area contributed by atoms with Gasteiger partial charge >= 0.3 is 0 Å². The molecule has 1 saturated heterocycles. The Hall–Kier alpha value is -2.22. The normalized spacial score (nSPS) is 17.5. The zero-order chi connectivity index (χ0) is 21.8. The quantitative estimate of drug-likeness (QED) is 0.691. The number of amides is 1. The Labute approximate surface area is 185 Å². The summed E-state index contributed by atoms with van der Waals surface area (Å²) in [6.07, 6.45) is 4.29. The number of carbonyl (C=O) groups is 1. The maximum Gasteiger partial charge on any atom is 0.243 e. The summed E-state index contributed by atoms with van der Waals surface area (Å²) >= 11 is 0. The molecule has 1 aliphatic heterocycles. The monoisotopic (exact) mass is 441 g/mol. The lowest BCUT2D eigenvalue weighted by Gasteiger charge is -2.35. The minimum Gasteiger partial charge on any atom is -0.339 e. The van der Waals surface area contributed by atoms with Gasteiger partial charge in [0.2, 0.25) is 15.9 Å². The molecule has 31 heavy (non-hydrogen) atoms. The van der Waals surface area contributed by atoms with Crippen molar-refractivity contribution in [1.82, 2.24) is 14.1 Å². The molecule has 4 rings (SSSR count). The van der Waals surface area contributed by atoms with Gasteiger partial charge in [0, 0.05) is 32.7 Å². The van der Waals surface area contributed by atoms with Gasteiger partial charge in [-0.3, -0.25) is 9.69 Å². The summed E-state index contributed by atoms with van der Waals surface area (Å²) in [5.41, 5.74) is 3.61. The number of piperazine rings is 1. The molecule has 2 aliphatic rings. The van der Waals surface area contributed by atoms with Crippen LogP contribution in [0.5, 0.6) is 0 Å². The summed E-state index contributed by atoms with van der Waals surface area (Å²) in [5.74, 6) is 0.0456. The van der Waals surface area contributed by atoms with Gasteiger partial charge in [0.05, 0.1) is 11.4 Å². The number of hydrogen-bond acceptors (Lipinski definition) is 4. The van der Waals surface area contributed by atoms with Crippen molar-refractivity contribution < 1.29 is 13.2 Å². The number of likely N-dealkylation sites (N-methyl/N-ethyl adjacent to an activating group) is 1. The van der Waals surface area contributed by atoms with E-state index in [-0.39, 0.29) is 5.91 Å². The molecule has 0 unspecified atom stereocenters. The third-order valence-electron chi connectivity index (χ3n) is 6.25. The molecule has 6 nitrogen and oxygen atoms in total. The van der Waals surface area contributed by atoms with Crippen LogP contribution >= 0.6 is 0 Å². The van der Waals surface area contributed by atoms with Crippen LogP contribution in [0, 0.1) is 0 Å². The first-order chi connectivity index (χ1) is 14.9. The van der Waals surface area contributed by atoms with Crippen molar-refractivity contribution in [3.63, 3.8) is 0 Å². The van der Waals surface area contributed by atoms with Crippen molar-refractivity contribution >= 4 is 15.9 Å². The van der Waals surface area contributed by atoms with Crippen molar-refractivity contribution in [3.05, 3.63) is 65.2 Å². The van der Waals surface area contributed by atoms with Crippen molar-refractivity contribution in [1.29, 1.82) is 0 Å². The second kappa shape index (κ2) is 9.51. The van der Waals surface area contributed by atoms with Gasteiger partial charge in [0.25, 0.3) is 0 Å². The SMILES string of the molecule is CN(CC(=O)N1CCN(S(=O)(=O)c2ccc3c(c2)CCCC3)CC1)Cc1ccccc1. The fraction of sp³-hybridized carbons (Fsp3) is 0.458. The van der Waals surface area contributed by atoms with Gasteiger partial charge < -0.3 is 4.90 Å². The molecule has 2 aromatic carbocycles. The highest BCUT2D eigenvalue weighted by molar-refractivity contribution is 7.89. The Bertz CT molecular complexity index is 1020. The first-order valence-corrected chi connectivity index (χ1v) is 12.5. The van der Waals surface area contributed by atoms with Crippen molar-refractivity contribution in [2.45, 2.75) is 37.1 Å². The van der Waals surface area contributed by atoms with E-state index in [1.807, 2.05) is 54.4 Å². The standard InChI is InChI=1S/C24H31N3O3S/c1-25(18-20-7-3-2-4-8-20)19-24(28)26-13-15-27(16-14-26)31(29,30)23-12-11-21-9-5-6-10-22(21)17-23/h2-4,7-8,11-12,17H,5-6,9-10,13-16,18-19H2,1H3. The molecule has 1 heterocycles. The largest absolute Gasteiger partial charge is 0.339 e. The van der Waals surface area contributed by atoms with Crippen LogP contribution in [0.25, 0.3) is 0 Å². The zero-order valence-corrected chi connectivity index (χ0v) is 19.0. The highest BCUT2D eigenvalue weighted by Gasteiger charge is 2.30. The molecule has 0 atom stereocenters. The van der Waals surface area contributed by atoms with Gasteiger partial charge in [0.15, 0.2) is 0 Å². The molecule has 0 aromatic heterocycles. The number of carbonyl (C=O) groups excluding carboxylic acids is 1. The van der Waals surface area contributed by atoms with Gasteiger partial charge in [-0.2, -0.15) is 4.31 Å². The average molecular weight is 442 g/mol. The van der Waals surface area contributed by atoms with E-state index < -0.39 is 10.0 Å². The molecule has 2 aromatic rings. The second-order valence-electron chi connectivity index (χ2n) is 8.58. The van der Waals surface area contributed by atoms with Crippen LogP contribution in [0.1, 0.15) is 29.5 Å². The summed E-state index contributed by atoms with van der Waals surface area (Å²) < 4.78 is 27.8. The smallest absolute Gasteiger partial charge is 0.243 e. The first-order valence-electron chi connectivity index (χ1n) is 11.1. The fourth-order valence-electron chi connectivity index (χ4n) is 4.48. The van der Waals surface area contributed by atoms with Gasteiger partial charge in [-0.15, -0.1) is 0 Å². The topological polar surface area (TPSA) is 60.9 Å². The van der Waals surface area contributed by atoms with Crippen molar-refractivity contribution in [2.24, 2.45) is 0 Å². The molecular weight excluding hydrogens is 410 g/mol.